The molecule has 0 saturated carbocycles. The van der Waals surface area contributed by atoms with Crippen molar-refractivity contribution in [1.29, 1.82) is 0 Å². The van der Waals surface area contributed by atoms with Gasteiger partial charge in [-0.1, -0.05) is 59.9 Å². The van der Waals surface area contributed by atoms with Gasteiger partial charge in [0.15, 0.2) is 6.61 Å². The van der Waals surface area contributed by atoms with Crippen molar-refractivity contribution in [2.24, 2.45) is 0 Å². The Morgan fingerprint density at radius 1 is 1.14 bits per heavy atom. The molecule has 11 heteroatoms. The lowest BCUT2D eigenvalue weighted by molar-refractivity contribution is -0.146. The first-order chi connectivity index (χ1) is 16.7. The molecule has 1 heterocycles. The van der Waals surface area contributed by atoms with Crippen molar-refractivity contribution in [1.82, 2.24) is 4.90 Å². The number of hydrogen-bond donors (Lipinski definition) is 3. The molecule has 1 aliphatic heterocycles. The molecule has 1 aliphatic rings. The molecule has 0 aromatic heterocycles. The summed E-state index contributed by atoms with van der Waals surface area (Å²) in [6, 6.07) is 12.7. The summed E-state index contributed by atoms with van der Waals surface area (Å²) in [5.74, 6) is -3.17. The number of aryl methyl sites for hydroxylation is 1. The fraction of sp³-hybridized carbons (Fsp3) is 0.208. The smallest absolute Gasteiger partial charge is 0.326 e. The quantitative estimate of drug-likeness (QED) is 0.322. The molecule has 3 rings (SSSR count). The number of amides is 2. The SMILES string of the molecule is Cc1ccc(NC(=O)COc2ccccc2/C=C2\SC(=S)N(C(CCC(=O)O)C(=O)O)C2=O)cc1. The van der Waals surface area contributed by atoms with Gasteiger partial charge in [0.05, 0.1) is 4.91 Å². The van der Waals surface area contributed by atoms with Gasteiger partial charge in [-0.05, 0) is 37.6 Å². The van der Waals surface area contributed by atoms with Crippen molar-refractivity contribution in [2.45, 2.75) is 25.8 Å². The zero-order chi connectivity index (χ0) is 25.5. The first-order valence-corrected chi connectivity index (χ1v) is 11.7. The van der Waals surface area contributed by atoms with Crippen LogP contribution in [0.1, 0.15) is 24.0 Å². The number of rotatable bonds is 10. The summed E-state index contributed by atoms with van der Waals surface area (Å²) >= 11 is 6.12. The van der Waals surface area contributed by atoms with Crippen LogP contribution in [-0.2, 0) is 19.2 Å². The summed E-state index contributed by atoms with van der Waals surface area (Å²) < 4.78 is 5.68. The molecule has 3 N–H and O–H groups in total. The Kier molecular flexibility index (Phi) is 8.61. The fourth-order valence-electron chi connectivity index (χ4n) is 3.22. The maximum atomic E-state index is 12.9. The molecule has 0 radical (unpaired) electrons. The average molecular weight is 515 g/mol. The van der Waals surface area contributed by atoms with Gasteiger partial charge in [0.2, 0.25) is 0 Å². The Labute approximate surface area is 210 Å². The Bertz CT molecular complexity index is 1190. The van der Waals surface area contributed by atoms with Crippen LogP contribution in [-0.4, -0.2) is 55.8 Å². The molecule has 182 valence electrons. The Morgan fingerprint density at radius 3 is 2.49 bits per heavy atom. The van der Waals surface area contributed by atoms with Gasteiger partial charge < -0.3 is 20.3 Å². The van der Waals surface area contributed by atoms with E-state index in [1.807, 2.05) is 19.1 Å². The van der Waals surface area contributed by atoms with Crippen LogP contribution in [0, 0.1) is 6.92 Å². The molecule has 2 aromatic rings. The second-order valence-corrected chi connectivity index (χ2v) is 9.25. The minimum Gasteiger partial charge on any atom is -0.483 e. The van der Waals surface area contributed by atoms with Crippen LogP contribution in [0.5, 0.6) is 5.75 Å². The maximum absolute atomic E-state index is 12.9. The minimum atomic E-state index is -1.39. The van der Waals surface area contributed by atoms with E-state index in [1.165, 1.54) is 6.08 Å². The molecule has 2 amide bonds. The van der Waals surface area contributed by atoms with Gasteiger partial charge in [0, 0.05) is 17.7 Å². The van der Waals surface area contributed by atoms with Crippen LogP contribution in [0.3, 0.4) is 0 Å². The van der Waals surface area contributed by atoms with Crippen LogP contribution in [0.2, 0.25) is 0 Å². The molecule has 2 aromatic carbocycles. The number of carboxylic acids is 2. The topological polar surface area (TPSA) is 133 Å². The van der Waals surface area contributed by atoms with Gasteiger partial charge >= 0.3 is 11.9 Å². The van der Waals surface area contributed by atoms with Crippen LogP contribution < -0.4 is 10.1 Å². The molecule has 1 unspecified atom stereocenters. The van der Waals surface area contributed by atoms with Crippen molar-refractivity contribution in [3.8, 4) is 5.75 Å². The Morgan fingerprint density at radius 2 is 1.83 bits per heavy atom. The summed E-state index contributed by atoms with van der Waals surface area (Å²) in [6.07, 6.45) is 0.803. The average Bonchev–Trinajstić information content (AvgIpc) is 3.07. The lowest BCUT2D eigenvalue weighted by atomic mass is 10.1. The van der Waals surface area contributed by atoms with Crippen LogP contribution in [0.15, 0.2) is 53.4 Å². The number of thioether (sulfide) groups is 1. The number of para-hydroxylation sites is 1. The van der Waals surface area contributed by atoms with Crippen molar-refractivity contribution < 1.29 is 34.1 Å². The number of anilines is 1. The Hall–Kier alpha value is -3.70. The summed E-state index contributed by atoms with van der Waals surface area (Å²) in [5, 5.41) is 21.1. The number of carbonyl (C=O) groups excluding carboxylic acids is 2. The third-order valence-corrected chi connectivity index (χ3v) is 6.28. The van der Waals surface area contributed by atoms with Gasteiger partial charge in [-0.3, -0.25) is 19.3 Å². The zero-order valence-electron chi connectivity index (χ0n) is 18.6. The number of nitrogens with zero attached hydrogens (tertiary/aromatic N) is 1. The lowest BCUT2D eigenvalue weighted by Crippen LogP contribution is -2.44. The van der Waals surface area contributed by atoms with Crippen molar-refractivity contribution in [3.05, 3.63) is 64.6 Å². The van der Waals surface area contributed by atoms with Crippen molar-refractivity contribution in [2.75, 3.05) is 11.9 Å². The summed E-state index contributed by atoms with van der Waals surface area (Å²) in [7, 11) is 0. The van der Waals surface area contributed by atoms with Crippen LogP contribution >= 0.6 is 24.0 Å². The van der Waals surface area contributed by atoms with E-state index in [9.17, 15) is 24.3 Å². The highest BCUT2D eigenvalue weighted by Gasteiger charge is 2.40. The van der Waals surface area contributed by atoms with E-state index in [4.69, 9.17) is 22.1 Å². The summed E-state index contributed by atoms with van der Waals surface area (Å²) in [6.45, 7) is 1.67. The van der Waals surface area contributed by atoms with Gasteiger partial charge in [-0.15, -0.1) is 0 Å². The number of carbonyl (C=O) groups is 4. The fourth-order valence-corrected chi connectivity index (χ4v) is 4.57. The van der Waals surface area contributed by atoms with E-state index in [0.717, 1.165) is 22.2 Å². The predicted molar refractivity (Wildman–Crippen MR) is 135 cm³/mol. The van der Waals surface area contributed by atoms with Gasteiger partial charge in [-0.2, -0.15) is 0 Å². The molecule has 1 fully saturated rings. The molecule has 0 aliphatic carbocycles. The second-order valence-electron chi connectivity index (χ2n) is 7.58. The molecule has 35 heavy (non-hydrogen) atoms. The lowest BCUT2D eigenvalue weighted by Gasteiger charge is -2.22. The van der Waals surface area contributed by atoms with Gasteiger partial charge in [-0.25, -0.2) is 4.79 Å². The van der Waals surface area contributed by atoms with Crippen molar-refractivity contribution >= 4 is 63.8 Å². The van der Waals surface area contributed by atoms with E-state index in [2.05, 4.69) is 5.32 Å². The van der Waals surface area contributed by atoms with Gasteiger partial charge in [0.25, 0.3) is 11.8 Å². The number of thiocarbonyl (C=S) groups is 1. The first kappa shape index (κ1) is 25.9. The number of nitrogens with one attached hydrogen (secondary N) is 1. The number of carboxylic acid groups (broad SMARTS) is 2. The van der Waals surface area contributed by atoms with E-state index in [0.29, 0.717) is 17.0 Å². The highest BCUT2D eigenvalue weighted by atomic mass is 32.2. The number of aliphatic carboxylic acids is 2. The third-order valence-electron chi connectivity index (χ3n) is 4.95. The zero-order valence-corrected chi connectivity index (χ0v) is 20.2. The van der Waals surface area contributed by atoms with E-state index >= 15 is 0 Å². The third kappa shape index (κ3) is 6.90. The molecule has 0 bridgehead atoms. The number of ether oxygens (including phenoxy) is 1. The highest BCUT2D eigenvalue weighted by molar-refractivity contribution is 8.26. The van der Waals surface area contributed by atoms with Crippen LogP contribution in [0.4, 0.5) is 5.69 Å². The van der Waals surface area contributed by atoms with Crippen LogP contribution in [0.25, 0.3) is 6.08 Å². The molecule has 0 spiro atoms. The Balaban J connectivity index is 1.72. The largest absolute Gasteiger partial charge is 0.483 e. The van der Waals surface area contributed by atoms with E-state index in [-0.39, 0.29) is 28.2 Å². The summed E-state index contributed by atoms with van der Waals surface area (Å²) in [4.78, 5) is 48.9. The van der Waals surface area contributed by atoms with E-state index in [1.54, 1.807) is 36.4 Å². The maximum Gasteiger partial charge on any atom is 0.326 e. The van der Waals surface area contributed by atoms with E-state index < -0.39 is 30.3 Å². The minimum absolute atomic E-state index is 0.0231. The standard InChI is InChI=1S/C24H22N2O7S2/c1-14-6-8-16(9-7-14)25-20(27)13-33-18-5-3-2-4-15(18)12-19-22(30)26(24(34)35-19)17(23(31)32)10-11-21(28)29/h2-9,12,17H,10-11,13H2,1H3,(H,25,27)(H,28,29)(H,31,32)/b19-12-. The first-order valence-electron chi connectivity index (χ1n) is 10.5. The molecule has 1 saturated heterocycles. The highest BCUT2D eigenvalue weighted by Crippen LogP contribution is 2.36. The molecular formula is C24H22N2O7S2. The normalized spacial score (nSPS) is 15.2. The number of hydrogen-bond acceptors (Lipinski definition) is 7. The number of benzene rings is 2. The summed E-state index contributed by atoms with van der Waals surface area (Å²) in [5.41, 5.74) is 2.20. The van der Waals surface area contributed by atoms with Crippen molar-refractivity contribution in [3.63, 3.8) is 0 Å². The molecular weight excluding hydrogens is 492 g/mol. The van der Waals surface area contributed by atoms with Gasteiger partial charge in [0.1, 0.15) is 16.1 Å². The predicted octanol–water partition coefficient (Wildman–Crippen LogP) is 3.53. The second kappa shape index (κ2) is 11.6. The monoisotopic (exact) mass is 514 g/mol. The molecule has 9 nitrogen and oxygen atoms in total. The molecule has 1 atom stereocenters.